The average molecular weight is 288 g/mol. The molecule has 0 saturated carbocycles. The van der Waals surface area contributed by atoms with E-state index < -0.39 is 8.07 Å². The largest absolute Gasteiger partial charge is 0.493 e. The molecule has 0 heterocycles. The summed E-state index contributed by atoms with van der Waals surface area (Å²) in [4.78, 5) is 0. The van der Waals surface area contributed by atoms with E-state index in [1.54, 1.807) is 21.3 Å². The van der Waals surface area contributed by atoms with Crippen LogP contribution < -0.4 is 14.2 Å². The molecule has 0 aliphatic rings. The van der Waals surface area contributed by atoms with Crippen molar-refractivity contribution >= 4 is 8.07 Å². The van der Waals surface area contributed by atoms with Crippen LogP contribution in [0.15, 0.2) is 12.1 Å². The van der Waals surface area contributed by atoms with Crippen molar-refractivity contribution in [3.05, 3.63) is 17.7 Å². The van der Waals surface area contributed by atoms with Crippen molar-refractivity contribution in [2.24, 2.45) is 0 Å². The molecule has 0 atom stereocenters. The fourth-order valence-corrected chi connectivity index (χ4v) is 1.91. The standard InChI is InChI=1S/C16H20O3Si/c1-17-14-11-13(9-7-8-10-20(4,5)6)12-15(18-2)16(14)19-3/h11-12H,1-6H3. The molecule has 4 heteroatoms. The Bertz CT molecular complexity index is 567. The fraction of sp³-hybridized carbons (Fsp3) is 0.375. The molecule has 1 aromatic rings. The van der Waals surface area contributed by atoms with E-state index in [2.05, 4.69) is 42.9 Å². The maximum absolute atomic E-state index is 5.28. The zero-order chi connectivity index (χ0) is 15.2. The summed E-state index contributed by atoms with van der Waals surface area (Å²) in [6.45, 7) is 6.54. The second-order valence-corrected chi connectivity index (χ2v) is 9.91. The Hall–Kier alpha value is -2.04. The summed E-state index contributed by atoms with van der Waals surface area (Å²) in [7, 11) is 3.36. The maximum Gasteiger partial charge on any atom is 0.203 e. The van der Waals surface area contributed by atoms with Gasteiger partial charge >= 0.3 is 0 Å². The molecule has 20 heavy (non-hydrogen) atoms. The molecule has 1 aromatic carbocycles. The summed E-state index contributed by atoms with van der Waals surface area (Å²) in [6.07, 6.45) is 0. The summed E-state index contributed by atoms with van der Waals surface area (Å²) < 4.78 is 15.8. The van der Waals surface area contributed by atoms with Crippen molar-refractivity contribution in [1.82, 2.24) is 0 Å². The number of benzene rings is 1. The van der Waals surface area contributed by atoms with Crippen molar-refractivity contribution in [2.45, 2.75) is 19.6 Å². The zero-order valence-electron chi connectivity index (χ0n) is 12.9. The van der Waals surface area contributed by atoms with Crippen LogP contribution in [0.3, 0.4) is 0 Å². The predicted octanol–water partition coefficient (Wildman–Crippen LogP) is 2.94. The van der Waals surface area contributed by atoms with Crippen LogP contribution in [0.25, 0.3) is 0 Å². The van der Waals surface area contributed by atoms with Gasteiger partial charge in [0, 0.05) is 5.56 Å². The van der Waals surface area contributed by atoms with Gasteiger partial charge in [0.2, 0.25) is 5.75 Å². The van der Waals surface area contributed by atoms with Crippen LogP contribution in [0.5, 0.6) is 17.2 Å². The summed E-state index contributed by atoms with van der Waals surface area (Å²) >= 11 is 0. The van der Waals surface area contributed by atoms with E-state index in [0.29, 0.717) is 17.2 Å². The predicted molar refractivity (Wildman–Crippen MR) is 84.1 cm³/mol. The molecule has 0 aromatic heterocycles. The Morgan fingerprint density at radius 1 is 0.850 bits per heavy atom. The van der Waals surface area contributed by atoms with Gasteiger partial charge in [0.05, 0.1) is 21.3 Å². The van der Waals surface area contributed by atoms with Crippen LogP contribution in [0.4, 0.5) is 0 Å². The van der Waals surface area contributed by atoms with Crippen molar-refractivity contribution in [3.8, 4) is 40.6 Å². The Kier molecular flexibility index (Phi) is 5.55. The zero-order valence-corrected chi connectivity index (χ0v) is 13.9. The molecule has 0 bridgehead atoms. The molecule has 1 rings (SSSR count). The fourth-order valence-electron chi connectivity index (χ4n) is 1.48. The van der Waals surface area contributed by atoms with E-state index in [0.717, 1.165) is 5.56 Å². The Morgan fingerprint density at radius 2 is 1.40 bits per heavy atom. The van der Waals surface area contributed by atoms with Gasteiger partial charge < -0.3 is 14.2 Å². The Balaban J connectivity index is 3.14. The minimum atomic E-state index is -1.38. The van der Waals surface area contributed by atoms with Gasteiger partial charge in [-0.1, -0.05) is 25.6 Å². The van der Waals surface area contributed by atoms with Crippen LogP contribution in [0.1, 0.15) is 5.56 Å². The number of rotatable bonds is 3. The normalized spacial score (nSPS) is 9.70. The highest BCUT2D eigenvalue weighted by Gasteiger charge is 2.12. The lowest BCUT2D eigenvalue weighted by molar-refractivity contribution is 0.324. The third-order valence-corrected chi connectivity index (χ3v) is 3.25. The topological polar surface area (TPSA) is 27.7 Å². The quantitative estimate of drug-likeness (QED) is 0.632. The molecule has 0 radical (unpaired) electrons. The van der Waals surface area contributed by atoms with Gasteiger partial charge in [0.1, 0.15) is 8.07 Å². The summed E-state index contributed by atoms with van der Waals surface area (Å²) in [5.41, 5.74) is 3.98. The van der Waals surface area contributed by atoms with Crippen molar-refractivity contribution < 1.29 is 14.2 Å². The first kappa shape index (κ1) is 16.0. The molecule has 0 amide bonds. The van der Waals surface area contributed by atoms with Crippen molar-refractivity contribution in [3.63, 3.8) is 0 Å². The summed E-state index contributed by atoms with van der Waals surface area (Å²) in [5, 5.41) is 0. The van der Waals surface area contributed by atoms with Gasteiger partial charge in [-0.15, -0.1) is 5.54 Å². The molecule has 0 spiro atoms. The van der Waals surface area contributed by atoms with Crippen molar-refractivity contribution in [2.75, 3.05) is 21.3 Å². The van der Waals surface area contributed by atoms with Gasteiger partial charge in [-0.3, -0.25) is 0 Å². The number of hydrogen-bond acceptors (Lipinski definition) is 3. The monoisotopic (exact) mass is 288 g/mol. The molecule has 0 saturated heterocycles. The molecule has 3 nitrogen and oxygen atoms in total. The number of hydrogen-bond donors (Lipinski definition) is 0. The Labute approximate surface area is 122 Å². The van der Waals surface area contributed by atoms with Crippen LogP contribution in [0.2, 0.25) is 19.6 Å². The van der Waals surface area contributed by atoms with Crippen LogP contribution in [-0.2, 0) is 0 Å². The van der Waals surface area contributed by atoms with E-state index in [-0.39, 0.29) is 0 Å². The van der Waals surface area contributed by atoms with Crippen LogP contribution in [-0.4, -0.2) is 29.4 Å². The smallest absolute Gasteiger partial charge is 0.203 e. The van der Waals surface area contributed by atoms with Crippen LogP contribution >= 0.6 is 0 Å². The maximum atomic E-state index is 5.28. The molecule has 0 fully saturated rings. The van der Waals surface area contributed by atoms with E-state index in [4.69, 9.17) is 14.2 Å². The molecule has 0 N–H and O–H groups in total. The van der Waals surface area contributed by atoms with Gasteiger partial charge in [0.15, 0.2) is 11.5 Å². The highest BCUT2D eigenvalue weighted by Crippen LogP contribution is 2.37. The van der Waals surface area contributed by atoms with E-state index >= 15 is 0 Å². The van der Waals surface area contributed by atoms with Gasteiger partial charge in [-0.25, -0.2) is 0 Å². The minimum Gasteiger partial charge on any atom is -0.493 e. The highest BCUT2D eigenvalue weighted by molar-refractivity contribution is 6.83. The lowest BCUT2D eigenvalue weighted by Crippen LogP contribution is -2.16. The van der Waals surface area contributed by atoms with E-state index in [1.165, 1.54) is 0 Å². The molecule has 0 unspecified atom stereocenters. The second kappa shape index (κ2) is 6.93. The lowest BCUT2D eigenvalue weighted by atomic mass is 10.2. The SMILES string of the molecule is COc1cc(C#CC#C[Si](C)(C)C)cc(OC)c1OC. The highest BCUT2D eigenvalue weighted by atomic mass is 28.3. The minimum absolute atomic E-state index is 0.564. The second-order valence-electron chi connectivity index (χ2n) is 5.16. The number of methoxy groups -OCH3 is 3. The molecular weight excluding hydrogens is 268 g/mol. The molecule has 106 valence electrons. The lowest BCUT2D eigenvalue weighted by Gasteiger charge is -2.12. The molecule has 0 aliphatic heterocycles. The van der Waals surface area contributed by atoms with E-state index in [9.17, 15) is 0 Å². The van der Waals surface area contributed by atoms with Crippen LogP contribution in [0, 0.1) is 23.3 Å². The first-order valence-electron chi connectivity index (χ1n) is 6.24. The first-order valence-corrected chi connectivity index (χ1v) is 9.74. The van der Waals surface area contributed by atoms with E-state index in [1.807, 2.05) is 12.1 Å². The molecular formula is C16H20O3Si. The number of ether oxygens (including phenoxy) is 3. The van der Waals surface area contributed by atoms with Crippen molar-refractivity contribution in [1.29, 1.82) is 0 Å². The average Bonchev–Trinajstić information content (AvgIpc) is 2.41. The van der Waals surface area contributed by atoms with Gasteiger partial charge in [-0.05, 0) is 24.0 Å². The third kappa shape index (κ3) is 4.57. The summed E-state index contributed by atoms with van der Waals surface area (Å²) in [6, 6.07) is 3.62. The summed E-state index contributed by atoms with van der Waals surface area (Å²) in [5.74, 6) is 10.5. The molecule has 0 aliphatic carbocycles. The first-order chi connectivity index (χ1) is 9.41. The van der Waals surface area contributed by atoms with Gasteiger partial charge in [0.25, 0.3) is 0 Å². The Morgan fingerprint density at radius 3 is 1.80 bits per heavy atom. The third-order valence-electron chi connectivity index (χ3n) is 2.37. The van der Waals surface area contributed by atoms with Gasteiger partial charge in [-0.2, -0.15) is 0 Å².